The van der Waals surface area contributed by atoms with Gasteiger partial charge < -0.3 is 15.4 Å². The van der Waals surface area contributed by atoms with Gasteiger partial charge in [-0.3, -0.25) is 4.99 Å². The van der Waals surface area contributed by atoms with E-state index in [1.165, 1.54) is 32.1 Å². The lowest BCUT2D eigenvalue weighted by molar-refractivity contribution is 0.0794. The molecule has 2 fully saturated rings. The number of guanidine groups is 1. The smallest absolute Gasteiger partial charge is 0.191 e. The first kappa shape index (κ1) is 16.9. The van der Waals surface area contributed by atoms with E-state index in [1.807, 2.05) is 11.8 Å². The normalized spacial score (nSPS) is 23.8. The van der Waals surface area contributed by atoms with E-state index >= 15 is 0 Å². The summed E-state index contributed by atoms with van der Waals surface area (Å²) in [5.74, 6) is 1.00. The number of nitrogens with zero attached hydrogens (tertiary/aromatic N) is 1. The summed E-state index contributed by atoms with van der Waals surface area (Å²) in [5, 5.41) is 7.05. The predicted molar refractivity (Wildman–Crippen MR) is 92.3 cm³/mol. The summed E-state index contributed by atoms with van der Waals surface area (Å²) in [6, 6.07) is 0.608. The lowest BCUT2D eigenvalue weighted by Gasteiger charge is -2.34. The summed E-state index contributed by atoms with van der Waals surface area (Å²) in [5.41, 5.74) is 0. The second kappa shape index (κ2) is 8.89. The fourth-order valence-electron chi connectivity index (χ4n) is 3.15. The standard InChI is InChI=1S/C16H31N3OS/c1-3-17-15(19-14-7-5-4-6-8-14)18-13-16(21-2)9-11-20-12-10-16/h14H,3-13H2,1-2H3,(H2,17,18,19). The fraction of sp³-hybridized carbons (Fsp3) is 0.938. The first-order valence-corrected chi connectivity index (χ1v) is 9.68. The van der Waals surface area contributed by atoms with Crippen LogP contribution in [0.5, 0.6) is 0 Å². The monoisotopic (exact) mass is 313 g/mol. The maximum atomic E-state index is 5.51. The van der Waals surface area contributed by atoms with Gasteiger partial charge in [-0.2, -0.15) is 11.8 Å². The van der Waals surface area contributed by atoms with Crippen molar-refractivity contribution in [1.82, 2.24) is 10.6 Å². The van der Waals surface area contributed by atoms with E-state index in [-0.39, 0.29) is 4.75 Å². The zero-order valence-corrected chi connectivity index (χ0v) is 14.4. The molecule has 0 atom stereocenters. The fourth-order valence-corrected chi connectivity index (χ4v) is 3.92. The average Bonchev–Trinajstić information content (AvgIpc) is 2.55. The Hall–Kier alpha value is -0.420. The van der Waals surface area contributed by atoms with Crippen molar-refractivity contribution >= 4 is 17.7 Å². The third-order valence-corrected chi connectivity index (χ3v) is 6.06. The van der Waals surface area contributed by atoms with Crippen molar-refractivity contribution in [3.05, 3.63) is 0 Å². The van der Waals surface area contributed by atoms with E-state index in [4.69, 9.17) is 9.73 Å². The molecule has 0 amide bonds. The summed E-state index contributed by atoms with van der Waals surface area (Å²) < 4.78 is 5.78. The zero-order chi connectivity index (χ0) is 15.0. The van der Waals surface area contributed by atoms with E-state index in [0.717, 1.165) is 45.1 Å². The van der Waals surface area contributed by atoms with Crippen LogP contribution in [0, 0.1) is 0 Å². The maximum Gasteiger partial charge on any atom is 0.191 e. The molecular weight excluding hydrogens is 282 g/mol. The van der Waals surface area contributed by atoms with Crippen molar-refractivity contribution in [2.75, 3.05) is 32.6 Å². The second-order valence-corrected chi connectivity index (χ2v) is 7.45. The van der Waals surface area contributed by atoms with Crippen LogP contribution in [0.2, 0.25) is 0 Å². The van der Waals surface area contributed by atoms with E-state index in [1.54, 1.807) is 0 Å². The SMILES string of the molecule is CCNC(=NCC1(SC)CCOCC1)NC1CCCCC1. The molecule has 1 saturated carbocycles. The molecule has 0 radical (unpaired) electrons. The Labute approximate surface area is 133 Å². The molecule has 2 aliphatic rings. The van der Waals surface area contributed by atoms with Gasteiger partial charge in [0.15, 0.2) is 5.96 Å². The molecule has 0 aromatic rings. The zero-order valence-electron chi connectivity index (χ0n) is 13.6. The number of ether oxygens (including phenoxy) is 1. The molecule has 1 aliphatic heterocycles. The Kier molecular flexibility index (Phi) is 7.17. The molecule has 0 aromatic carbocycles. The van der Waals surface area contributed by atoms with E-state index in [2.05, 4.69) is 23.8 Å². The van der Waals surface area contributed by atoms with Gasteiger partial charge in [-0.15, -0.1) is 0 Å². The molecule has 4 nitrogen and oxygen atoms in total. The van der Waals surface area contributed by atoms with Crippen molar-refractivity contribution in [1.29, 1.82) is 0 Å². The van der Waals surface area contributed by atoms with Crippen LogP contribution in [0.25, 0.3) is 0 Å². The number of rotatable bonds is 5. The molecule has 0 aromatic heterocycles. The summed E-state index contributed by atoms with van der Waals surface area (Å²) in [6.45, 7) is 5.70. The summed E-state index contributed by atoms with van der Waals surface area (Å²) >= 11 is 1.96. The topological polar surface area (TPSA) is 45.7 Å². The van der Waals surface area contributed by atoms with Crippen molar-refractivity contribution in [3.8, 4) is 0 Å². The Morgan fingerprint density at radius 3 is 2.57 bits per heavy atom. The number of thioether (sulfide) groups is 1. The highest BCUT2D eigenvalue weighted by molar-refractivity contribution is 8.00. The minimum Gasteiger partial charge on any atom is -0.381 e. The van der Waals surface area contributed by atoms with Gasteiger partial charge in [0.1, 0.15) is 0 Å². The Morgan fingerprint density at radius 1 is 1.24 bits per heavy atom. The van der Waals surface area contributed by atoms with Crippen LogP contribution in [-0.4, -0.2) is 49.3 Å². The van der Waals surface area contributed by atoms with Crippen molar-refractivity contribution < 1.29 is 4.74 Å². The van der Waals surface area contributed by atoms with Gasteiger partial charge in [-0.1, -0.05) is 19.3 Å². The third-order valence-electron chi connectivity index (χ3n) is 4.65. The van der Waals surface area contributed by atoms with Crippen LogP contribution in [0.4, 0.5) is 0 Å². The van der Waals surface area contributed by atoms with Crippen molar-refractivity contribution in [2.24, 2.45) is 4.99 Å². The quantitative estimate of drug-likeness (QED) is 0.605. The molecule has 2 N–H and O–H groups in total. The largest absolute Gasteiger partial charge is 0.381 e. The van der Waals surface area contributed by atoms with Gasteiger partial charge in [0.2, 0.25) is 0 Å². The van der Waals surface area contributed by atoms with E-state index < -0.39 is 0 Å². The number of hydrogen-bond donors (Lipinski definition) is 2. The van der Waals surface area contributed by atoms with Crippen molar-refractivity contribution in [2.45, 2.75) is 62.7 Å². The van der Waals surface area contributed by atoms with Gasteiger partial charge in [-0.05, 0) is 38.9 Å². The first-order chi connectivity index (χ1) is 10.3. The van der Waals surface area contributed by atoms with Crippen LogP contribution in [-0.2, 0) is 4.74 Å². The lowest BCUT2D eigenvalue weighted by Crippen LogP contribution is -2.45. The molecule has 5 heteroatoms. The maximum absolute atomic E-state index is 5.51. The summed E-state index contributed by atoms with van der Waals surface area (Å²) in [4.78, 5) is 4.89. The minimum atomic E-state index is 0.271. The van der Waals surface area contributed by atoms with Gasteiger partial charge in [-0.25, -0.2) is 0 Å². The van der Waals surface area contributed by atoms with Crippen LogP contribution in [0.15, 0.2) is 4.99 Å². The van der Waals surface area contributed by atoms with E-state index in [9.17, 15) is 0 Å². The summed E-state index contributed by atoms with van der Waals surface area (Å²) in [6.07, 6.45) is 11.1. The van der Waals surface area contributed by atoms with Gasteiger partial charge in [0.05, 0.1) is 6.54 Å². The van der Waals surface area contributed by atoms with Crippen LogP contribution < -0.4 is 10.6 Å². The lowest BCUT2D eigenvalue weighted by atomic mass is 9.96. The summed E-state index contributed by atoms with van der Waals surface area (Å²) in [7, 11) is 0. The average molecular weight is 314 g/mol. The van der Waals surface area contributed by atoms with Crippen LogP contribution >= 0.6 is 11.8 Å². The molecule has 0 unspecified atom stereocenters. The Morgan fingerprint density at radius 2 is 1.95 bits per heavy atom. The highest BCUT2D eigenvalue weighted by Crippen LogP contribution is 2.34. The Bertz CT molecular complexity index is 323. The molecule has 0 bridgehead atoms. The Balaban J connectivity index is 1.91. The van der Waals surface area contributed by atoms with E-state index in [0.29, 0.717) is 6.04 Å². The molecule has 1 aliphatic carbocycles. The van der Waals surface area contributed by atoms with Crippen LogP contribution in [0.1, 0.15) is 51.9 Å². The van der Waals surface area contributed by atoms with Crippen LogP contribution in [0.3, 0.4) is 0 Å². The number of nitrogens with one attached hydrogen (secondary N) is 2. The van der Waals surface area contributed by atoms with Gasteiger partial charge in [0.25, 0.3) is 0 Å². The molecule has 2 rings (SSSR count). The highest BCUT2D eigenvalue weighted by atomic mass is 32.2. The third kappa shape index (κ3) is 5.37. The molecule has 0 spiro atoms. The molecular formula is C16H31N3OS. The second-order valence-electron chi connectivity index (χ2n) is 6.17. The van der Waals surface area contributed by atoms with Gasteiger partial charge in [0, 0.05) is 30.5 Å². The molecule has 1 saturated heterocycles. The van der Waals surface area contributed by atoms with Gasteiger partial charge >= 0.3 is 0 Å². The first-order valence-electron chi connectivity index (χ1n) is 8.46. The molecule has 122 valence electrons. The highest BCUT2D eigenvalue weighted by Gasteiger charge is 2.31. The minimum absolute atomic E-state index is 0.271. The predicted octanol–water partition coefficient (Wildman–Crippen LogP) is 2.79. The number of hydrogen-bond acceptors (Lipinski definition) is 3. The van der Waals surface area contributed by atoms with Crippen molar-refractivity contribution in [3.63, 3.8) is 0 Å². The molecule has 21 heavy (non-hydrogen) atoms. The number of aliphatic imine (C=N–C) groups is 1. The molecule has 1 heterocycles.